The standard InChI is InChI=1S/C24H41N3O5/c1-2-21(28)24(23(31)32)16-18-9-6-7-11-20(18)27(24)26-19(22(29)30)10-5-3-4-8-17-12-14-25-15-13-17/h17-20,25-26H,2-16H2,1H3,(H,29,30)(H,31,32). The minimum atomic E-state index is -1.66. The first-order valence-corrected chi connectivity index (χ1v) is 12.7. The molecule has 8 nitrogen and oxygen atoms in total. The molecule has 4 atom stereocenters. The number of hydrogen-bond donors (Lipinski definition) is 4. The van der Waals surface area contributed by atoms with Gasteiger partial charge in [-0.05, 0) is 63.5 Å². The van der Waals surface area contributed by atoms with Gasteiger partial charge in [0, 0.05) is 12.5 Å². The first-order valence-electron chi connectivity index (χ1n) is 12.7. The van der Waals surface area contributed by atoms with Crippen LogP contribution in [0.3, 0.4) is 0 Å². The van der Waals surface area contributed by atoms with Gasteiger partial charge in [0.1, 0.15) is 6.04 Å². The van der Waals surface area contributed by atoms with E-state index in [9.17, 15) is 24.6 Å². The molecular weight excluding hydrogens is 410 g/mol. The van der Waals surface area contributed by atoms with E-state index in [-0.39, 0.29) is 30.6 Å². The lowest BCUT2D eigenvalue weighted by Gasteiger charge is -2.39. The third-order valence-electron chi connectivity index (χ3n) is 7.96. The highest BCUT2D eigenvalue weighted by molar-refractivity contribution is 6.08. The molecule has 3 aliphatic rings. The molecule has 2 heterocycles. The Bertz CT molecular complexity index is 666. The predicted octanol–water partition coefficient (Wildman–Crippen LogP) is 2.96. The summed E-state index contributed by atoms with van der Waals surface area (Å²) in [5.41, 5.74) is 1.41. The van der Waals surface area contributed by atoms with Crippen molar-refractivity contribution in [2.75, 3.05) is 13.1 Å². The largest absolute Gasteiger partial charge is 0.480 e. The summed E-state index contributed by atoms with van der Waals surface area (Å²) in [4.78, 5) is 37.4. The minimum absolute atomic E-state index is 0.0999. The summed E-state index contributed by atoms with van der Waals surface area (Å²) in [5.74, 6) is -1.59. The quantitative estimate of drug-likeness (QED) is 0.264. The van der Waals surface area contributed by atoms with Crippen molar-refractivity contribution in [2.24, 2.45) is 11.8 Å². The average Bonchev–Trinajstić information content (AvgIpc) is 3.13. The van der Waals surface area contributed by atoms with Crippen LogP contribution >= 0.6 is 0 Å². The number of fused-ring (bicyclic) bond motifs is 1. The number of nitrogens with zero attached hydrogens (tertiary/aromatic N) is 1. The van der Waals surface area contributed by atoms with Gasteiger partial charge in [-0.2, -0.15) is 0 Å². The van der Waals surface area contributed by atoms with E-state index in [1.54, 1.807) is 11.9 Å². The Balaban J connectivity index is 1.63. The molecule has 0 spiro atoms. The number of ketones is 1. The molecule has 0 amide bonds. The highest BCUT2D eigenvalue weighted by Crippen LogP contribution is 2.45. The lowest BCUT2D eigenvalue weighted by molar-refractivity contribution is -0.163. The molecule has 0 aromatic heterocycles. The van der Waals surface area contributed by atoms with Gasteiger partial charge in [0.15, 0.2) is 11.3 Å². The number of carbonyl (C=O) groups is 3. The van der Waals surface area contributed by atoms with E-state index in [1.807, 2.05) is 0 Å². The van der Waals surface area contributed by atoms with Gasteiger partial charge in [-0.3, -0.25) is 9.59 Å². The molecule has 1 saturated carbocycles. The predicted molar refractivity (Wildman–Crippen MR) is 121 cm³/mol. The van der Waals surface area contributed by atoms with Gasteiger partial charge in [0.05, 0.1) is 0 Å². The number of carboxylic acid groups (broad SMARTS) is 2. The van der Waals surface area contributed by atoms with Crippen LogP contribution in [0.4, 0.5) is 0 Å². The lowest BCUT2D eigenvalue weighted by Crippen LogP contribution is -2.66. The first-order chi connectivity index (χ1) is 15.4. The second-order valence-corrected chi connectivity index (χ2v) is 9.98. The van der Waals surface area contributed by atoms with E-state index in [4.69, 9.17) is 0 Å². The number of nitrogens with one attached hydrogen (secondary N) is 2. The van der Waals surface area contributed by atoms with Crippen LogP contribution in [0.1, 0.15) is 90.4 Å². The van der Waals surface area contributed by atoms with Crippen LogP contribution in [0, 0.1) is 11.8 Å². The van der Waals surface area contributed by atoms with Crippen LogP contribution in [0.15, 0.2) is 0 Å². The van der Waals surface area contributed by atoms with Gasteiger partial charge < -0.3 is 15.5 Å². The maximum atomic E-state index is 12.9. The summed E-state index contributed by atoms with van der Waals surface area (Å²) in [6.45, 7) is 3.87. The maximum absolute atomic E-state index is 12.9. The molecule has 0 radical (unpaired) electrons. The molecule has 4 N–H and O–H groups in total. The van der Waals surface area contributed by atoms with Crippen molar-refractivity contribution in [3.63, 3.8) is 0 Å². The number of unbranched alkanes of at least 4 members (excludes halogenated alkanes) is 2. The topological polar surface area (TPSA) is 119 Å². The van der Waals surface area contributed by atoms with Crippen LogP contribution in [0.5, 0.6) is 0 Å². The van der Waals surface area contributed by atoms with E-state index in [0.717, 1.165) is 64.0 Å². The van der Waals surface area contributed by atoms with E-state index < -0.39 is 23.5 Å². The molecule has 3 fully saturated rings. The second-order valence-electron chi connectivity index (χ2n) is 9.98. The zero-order chi connectivity index (χ0) is 23.1. The number of carboxylic acids is 2. The Morgan fingerprint density at radius 3 is 2.44 bits per heavy atom. The Morgan fingerprint density at radius 2 is 1.78 bits per heavy atom. The number of aliphatic carboxylic acids is 2. The van der Waals surface area contributed by atoms with Gasteiger partial charge in [0.2, 0.25) is 0 Å². The SMILES string of the molecule is CCC(=O)C1(C(=O)O)CC2CCCCC2N1NC(CCCCCC1CCNCC1)C(=O)O. The number of rotatable bonds is 12. The van der Waals surface area contributed by atoms with Gasteiger partial charge in [-0.1, -0.05) is 45.4 Å². The molecule has 182 valence electrons. The second kappa shape index (κ2) is 11.6. The fourth-order valence-electron chi connectivity index (χ4n) is 6.12. The van der Waals surface area contributed by atoms with Crippen molar-refractivity contribution in [2.45, 2.75) is 108 Å². The molecule has 32 heavy (non-hydrogen) atoms. The first kappa shape index (κ1) is 25.1. The van der Waals surface area contributed by atoms with Crippen molar-refractivity contribution < 1.29 is 24.6 Å². The molecule has 0 aromatic carbocycles. The van der Waals surface area contributed by atoms with Gasteiger partial charge in [-0.15, -0.1) is 0 Å². The highest BCUT2D eigenvalue weighted by atomic mass is 16.4. The Labute approximate surface area is 191 Å². The molecule has 4 unspecified atom stereocenters. The molecule has 1 aliphatic carbocycles. The zero-order valence-electron chi connectivity index (χ0n) is 19.5. The molecule has 2 aliphatic heterocycles. The monoisotopic (exact) mass is 451 g/mol. The smallest absolute Gasteiger partial charge is 0.333 e. The summed E-state index contributed by atoms with van der Waals surface area (Å²) in [6.07, 6.45) is 11.0. The molecule has 3 rings (SSSR count). The lowest BCUT2D eigenvalue weighted by atomic mass is 9.81. The average molecular weight is 452 g/mol. The van der Waals surface area contributed by atoms with Crippen molar-refractivity contribution in [1.29, 1.82) is 0 Å². The summed E-state index contributed by atoms with van der Waals surface area (Å²) >= 11 is 0. The summed E-state index contributed by atoms with van der Waals surface area (Å²) in [5, 5.41) is 25.0. The summed E-state index contributed by atoms with van der Waals surface area (Å²) < 4.78 is 0. The van der Waals surface area contributed by atoms with Gasteiger partial charge >= 0.3 is 11.9 Å². The van der Waals surface area contributed by atoms with Crippen LogP contribution in [0.25, 0.3) is 0 Å². The van der Waals surface area contributed by atoms with Crippen molar-refractivity contribution >= 4 is 17.7 Å². The third kappa shape index (κ3) is 5.51. The Morgan fingerprint density at radius 1 is 1.06 bits per heavy atom. The Kier molecular flexibility index (Phi) is 9.08. The van der Waals surface area contributed by atoms with Crippen molar-refractivity contribution in [1.82, 2.24) is 15.8 Å². The van der Waals surface area contributed by atoms with E-state index in [2.05, 4.69) is 10.7 Å². The maximum Gasteiger partial charge on any atom is 0.333 e. The number of carbonyl (C=O) groups excluding carboxylic acids is 1. The third-order valence-corrected chi connectivity index (χ3v) is 7.96. The van der Waals surface area contributed by atoms with Crippen LogP contribution in [-0.2, 0) is 14.4 Å². The van der Waals surface area contributed by atoms with Crippen LogP contribution in [0.2, 0.25) is 0 Å². The van der Waals surface area contributed by atoms with E-state index in [0.29, 0.717) is 6.42 Å². The highest BCUT2D eigenvalue weighted by Gasteiger charge is 2.61. The zero-order valence-corrected chi connectivity index (χ0v) is 19.5. The van der Waals surface area contributed by atoms with Crippen LogP contribution < -0.4 is 10.7 Å². The number of hydrogen-bond acceptors (Lipinski definition) is 6. The number of piperidine rings is 1. The van der Waals surface area contributed by atoms with Crippen LogP contribution in [-0.4, -0.2) is 63.7 Å². The van der Waals surface area contributed by atoms with E-state index >= 15 is 0 Å². The van der Waals surface area contributed by atoms with E-state index in [1.165, 1.54) is 19.3 Å². The Hall–Kier alpha value is -1.51. The minimum Gasteiger partial charge on any atom is -0.480 e. The fraction of sp³-hybridized carbons (Fsp3) is 0.875. The fourth-order valence-corrected chi connectivity index (χ4v) is 6.12. The molecule has 2 saturated heterocycles. The molecular formula is C24H41N3O5. The van der Waals surface area contributed by atoms with Crippen molar-refractivity contribution in [3.05, 3.63) is 0 Å². The summed E-state index contributed by atoms with van der Waals surface area (Å²) in [7, 11) is 0. The summed E-state index contributed by atoms with van der Waals surface area (Å²) in [6, 6.07) is -0.977. The van der Waals surface area contributed by atoms with Crippen molar-refractivity contribution in [3.8, 4) is 0 Å². The normalized spacial score (nSPS) is 30.0. The molecule has 0 aromatic rings. The molecule has 0 bridgehead atoms. The molecule has 8 heteroatoms. The number of hydrazine groups is 1. The van der Waals surface area contributed by atoms with Gasteiger partial charge in [-0.25, -0.2) is 15.2 Å². The number of Topliss-reactive ketones (excluding diaryl/α,β-unsaturated/α-hetero) is 1. The van der Waals surface area contributed by atoms with Gasteiger partial charge in [0.25, 0.3) is 0 Å².